The number of thiazole rings is 1. The van der Waals surface area contributed by atoms with Crippen molar-refractivity contribution in [3.8, 4) is 10.6 Å². The Hall–Kier alpha value is -3.84. The monoisotopic (exact) mass is 440 g/mol. The fourth-order valence-electron chi connectivity index (χ4n) is 3.65. The maximum Gasteiger partial charge on any atom is 0.261 e. The van der Waals surface area contributed by atoms with E-state index >= 15 is 0 Å². The molecule has 158 valence electrons. The number of hydrogen-bond donors (Lipinski definition) is 1. The Balaban J connectivity index is 1.44. The van der Waals surface area contributed by atoms with E-state index in [1.165, 1.54) is 0 Å². The van der Waals surface area contributed by atoms with Gasteiger partial charge in [0.15, 0.2) is 0 Å². The van der Waals surface area contributed by atoms with Crippen LogP contribution in [0.3, 0.4) is 0 Å². The van der Waals surface area contributed by atoms with Crippen molar-refractivity contribution in [2.24, 2.45) is 0 Å². The minimum Gasteiger partial charge on any atom is -0.332 e. The molecule has 3 aromatic heterocycles. The number of fused-ring (bicyclic) bond motifs is 2. The Morgan fingerprint density at radius 1 is 1.03 bits per heavy atom. The van der Waals surface area contributed by atoms with Crippen molar-refractivity contribution in [3.63, 3.8) is 0 Å². The largest absolute Gasteiger partial charge is 0.332 e. The van der Waals surface area contributed by atoms with Crippen LogP contribution in [-0.4, -0.2) is 20.4 Å². The van der Waals surface area contributed by atoms with E-state index < -0.39 is 5.91 Å². The molecule has 32 heavy (non-hydrogen) atoms. The van der Waals surface area contributed by atoms with Gasteiger partial charge in [0.25, 0.3) is 5.91 Å². The van der Waals surface area contributed by atoms with Crippen molar-refractivity contribution in [2.75, 3.05) is 5.32 Å². The van der Waals surface area contributed by atoms with Gasteiger partial charge in [-0.25, -0.2) is 9.97 Å². The second-order valence-corrected chi connectivity index (χ2v) is 8.53. The van der Waals surface area contributed by atoms with Crippen molar-refractivity contribution in [1.82, 2.24) is 14.5 Å². The van der Waals surface area contributed by atoms with Gasteiger partial charge in [0, 0.05) is 29.7 Å². The van der Waals surface area contributed by atoms with Crippen LogP contribution in [0.4, 0.5) is 5.69 Å². The molecule has 7 heteroatoms. The second-order valence-electron chi connectivity index (χ2n) is 7.50. The van der Waals surface area contributed by atoms with Crippen LogP contribution >= 0.6 is 11.3 Å². The predicted octanol–water partition coefficient (Wildman–Crippen LogP) is 5.25. The van der Waals surface area contributed by atoms with Gasteiger partial charge in [0.1, 0.15) is 16.2 Å². The molecular weight excluding hydrogens is 420 g/mol. The number of rotatable bonds is 4. The van der Waals surface area contributed by atoms with E-state index in [2.05, 4.69) is 21.4 Å². The van der Waals surface area contributed by atoms with Gasteiger partial charge >= 0.3 is 0 Å². The average Bonchev–Trinajstić information content (AvgIpc) is 3.24. The minimum atomic E-state index is -0.438. The summed E-state index contributed by atoms with van der Waals surface area (Å²) in [5.41, 5.74) is 3.76. The zero-order valence-electron chi connectivity index (χ0n) is 17.6. The zero-order valence-corrected chi connectivity index (χ0v) is 18.4. The van der Waals surface area contributed by atoms with Crippen LogP contribution in [0.5, 0.6) is 0 Å². The summed E-state index contributed by atoms with van der Waals surface area (Å²) in [6.45, 7) is 4.43. The smallest absolute Gasteiger partial charge is 0.261 e. The number of benzene rings is 2. The van der Waals surface area contributed by atoms with Gasteiger partial charge in [0.05, 0.1) is 15.6 Å². The molecule has 5 rings (SSSR count). The van der Waals surface area contributed by atoms with Crippen LogP contribution in [0.1, 0.15) is 23.0 Å². The van der Waals surface area contributed by atoms with Gasteiger partial charge in [-0.15, -0.1) is 11.3 Å². The number of carbonyl (C=O) groups is 1. The Kier molecular flexibility index (Phi) is 5.03. The molecule has 2 aromatic carbocycles. The van der Waals surface area contributed by atoms with E-state index in [4.69, 9.17) is 0 Å². The number of hydrogen-bond acceptors (Lipinski definition) is 5. The third-order valence-electron chi connectivity index (χ3n) is 5.33. The quantitative estimate of drug-likeness (QED) is 0.414. The number of anilines is 1. The molecule has 0 radical (unpaired) electrons. The van der Waals surface area contributed by atoms with Gasteiger partial charge in [-0.3, -0.25) is 9.59 Å². The molecule has 0 aliphatic rings. The summed E-state index contributed by atoms with van der Waals surface area (Å²) >= 11 is 1.63. The van der Waals surface area contributed by atoms with Gasteiger partial charge in [-0.2, -0.15) is 0 Å². The molecular formula is C25H20N4O2S. The molecule has 0 atom stereocenters. The lowest BCUT2D eigenvalue weighted by Crippen LogP contribution is -2.24. The number of aryl methyl sites for hydroxylation is 2. The zero-order chi connectivity index (χ0) is 22.2. The summed E-state index contributed by atoms with van der Waals surface area (Å²) in [4.78, 5) is 35.0. The molecule has 0 bridgehead atoms. The molecule has 5 aromatic rings. The highest BCUT2D eigenvalue weighted by atomic mass is 32.1. The summed E-state index contributed by atoms with van der Waals surface area (Å²) in [6, 6.07) is 19.0. The van der Waals surface area contributed by atoms with Crippen molar-refractivity contribution in [1.29, 1.82) is 0 Å². The summed E-state index contributed by atoms with van der Waals surface area (Å²) in [5, 5.41) is 4.21. The molecule has 0 fully saturated rings. The molecule has 0 saturated heterocycles. The molecule has 1 amide bonds. The Morgan fingerprint density at radius 2 is 1.81 bits per heavy atom. The predicted molar refractivity (Wildman–Crippen MR) is 129 cm³/mol. The Labute approximate surface area is 188 Å². The van der Waals surface area contributed by atoms with E-state index in [1.807, 2.05) is 60.9 Å². The first-order chi connectivity index (χ1) is 15.5. The summed E-state index contributed by atoms with van der Waals surface area (Å²) in [7, 11) is 0. The van der Waals surface area contributed by atoms with Gasteiger partial charge in [0.2, 0.25) is 5.43 Å². The van der Waals surface area contributed by atoms with Crippen molar-refractivity contribution >= 4 is 44.2 Å². The summed E-state index contributed by atoms with van der Waals surface area (Å²) < 4.78 is 2.96. The average molecular weight is 441 g/mol. The van der Waals surface area contributed by atoms with E-state index in [0.29, 0.717) is 23.3 Å². The SMILES string of the molecule is CCn1cc(C(=O)Nc2ccc(-c3nc4ccccc4s3)cc2)c(=O)c2ccc(C)nc21. The van der Waals surface area contributed by atoms with Crippen LogP contribution in [0.15, 0.2) is 71.7 Å². The molecule has 6 nitrogen and oxygen atoms in total. The van der Waals surface area contributed by atoms with Crippen molar-refractivity contribution in [3.05, 3.63) is 88.3 Å². The maximum atomic E-state index is 12.9. The van der Waals surface area contributed by atoms with Crippen LogP contribution in [0, 0.1) is 6.92 Å². The highest BCUT2D eigenvalue weighted by Crippen LogP contribution is 2.30. The highest BCUT2D eigenvalue weighted by molar-refractivity contribution is 7.21. The maximum absolute atomic E-state index is 12.9. The number of nitrogens with zero attached hydrogens (tertiary/aromatic N) is 3. The van der Waals surface area contributed by atoms with Crippen LogP contribution < -0.4 is 10.7 Å². The lowest BCUT2D eigenvalue weighted by molar-refractivity contribution is 0.102. The molecule has 0 spiro atoms. The molecule has 0 saturated carbocycles. The van der Waals surface area contributed by atoms with Crippen LogP contribution in [0.25, 0.3) is 31.8 Å². The normalized spacial score (nSPS) is 11.2. The lowest BCUT2D eigenvalue weighted by atomic mass is 10.1. The number of amides is 1. The number of carbonyl (C=O) groups excluding carboxylic acids is 1. The van der Waals surface area contributed by atoms with Gasteiger partial charge < -0.3 is 9.88 Å². The Morgan fingerprint density at radius 3 is 2.56 bits per heavy atom. The fraction of sp³-hybridized carbons (Fsp3) is 0.120. The first-order valence-electron chi connectivity index (χ1n) is 10.3. The number of para-hydroxylation sites is 1. The lowest BCUT2D eigenvalue weighted by Gasteiger charge is -2.11. The van der Waals surface area contributed by atoms with Crippen molar-refractivity contribution < 1.29 is 4.79 Å². The van der Waals surface area contributed by atoms with E-state index in [0.717, 1.165) is 26.5 Å². The molecule has 3 heterocycles. The standard InChI is InChI=1S/C25H20N4O2S/c1-3-29-14-19(22(30)18-13-8-15(2)26-23(18)29)24(31)27-17-11-9-16(10-12-17)25-28-20-6-4-5-7-21(20)32-25/h4-14H,3H2,1-2H3,(H,27,31). The third-order valence-corrected chi connectivity index (χ3v) is 6.41. The number of aromatic nitrogens is 3. The van der Waals surface area contributed by atoms with Crippen LogP contribution in [0.2, 0.25) is 0 Å². The topological polar surface area (TPSA) is 76.9 Å². The first-order valence-corrected chi connectivity index (χ1v) is 11.1. The summed E-state index contributed by atoms with van der Waals surface area (Å²) in [5.74, 6) is -0.438. The fourth-order valence-corrected chi connectivity index (χ4v) is 4.62. The minimum absolute atomic E-state index is 0.0975. The van der Waals surface area contributed by atoms with E-state index in [9.17, 15) is 9.59 Å². The van der Waals surface area contributed by atoms with Gasteiger partial charge in [-0.05, 0) is 62.4 Å². The first kappa shape index (κ1) is 20.1. The van der Waals surface area contributed by atoms with E-state index in [1.54, 1.807) is 29.7 Å². The third kappa shape index (κ3) is 3.56. The van der Waals surface area contributed by atoms with E-state index in [-0.39, 0.29) is 11.0 Å². The molecule has 0 aliphatic heterocycles. The molecule has 0 unspecified atom stereocenters. The molecule has 0 aliphatic carbocycles. The molecule has 1 N–H and O–H groups in total. The van der Waals surface area contributed by atoms with Gasteiger partial charge in [-0.1, -0.05) is 12.1 Å². The van der Waals surface area contributed by atoms with Crippen molar-refractivity contribution in [2.45, 2.75) is 20.4 Å². The Bertz CT molecular complexity index is 1500. The van der Waals surface area contributed by atoms with Crippen LogP contribution in [-0.2, 0) is 6.54 Å². The summed E-state index contributed by atoms with van der Waals surface area (Å²) in [6.07, 6.45) is 1.59. The second kappa shape index (κ2) is 8.01. The highest BCUT2D eigenvalue weighted by Gasteiger charge is 2.16. The number of pyridine rings is 2. The number of nitrogens with one attached hydrogen (secondary N) is 1.